The number of aromatic nitrogens is 3. The molecule has 14 aromatic rings. The number of hydrogen-bond donors (Lipinski definition) is 0. The van der Waals surface area contributed by atoms with Crippen molar-refractivity contribution in [1.29, 1.82) is 0 Å². The average molecular weight is 696 g/mol. The molecule has 0 amide bonds. The molecule has 0 atom stereocenters. The monoisotopic (exact) mass is 695 g/mol. The van der Waals surface area contributed by atoms with Crippen molar-refractivity contribution in [3.05, 3.63) is 176 Å². The van der Waals surface area contributed by atoms with E-state index in [9.17, 15) is 0 Å². The molecule has 55 heavy (non-hydrogen) atoms. The van der Waals surface area contributed by atoms with Gasteiger partial charge in [-0.25, -0.2) is 0 Å². The quantitative estimate of drug-likeness (QED) is 0.171. The van der Waals surface area contributed by atoms with Crippen LogP contribution in [0.3, 0.4) is 0 Å². The average Bonchev–Trinajstić information content (AvgIpc) is 4.04. The largest absolute Gasteiger partial charge is 0.309 e. The molecular formula is C52H29N3. The highest BCUT2D eigenvalue weighted by molar-refractivity contribution is 6.34. The van der Waals surface area contributed by atoms with Crippen molar-refractivity contribution in [3.63, 3.8) is 0 Å². The van der Waals surface area contributed by atoms with Gasteiger partial charge in [0.1, 0.15) is 0 Å². The number of benzene rings is 9. The van der Waals surface area contributed by atoms with Gasteiger partial charge in [-0.15, -0.1) is 0 Å². The Bertz CT molecular complexity index is 3930. The molecule has 0 spiro atoms. The predicted molar refractivity (Wildman–Crippen MR) is 233 cm³/mol. The summed E-state index contributed by atoms with van der Waals surface area (Å²) in [5, 5.41) is 15.6. The van der Waals surface area contributed by atoms with Crippen LogP contribution in [0.4, 0.5) is 0 Å². The van der Waals surface area contributed by atoms with Crippen LogP contribution in [0.2, 0.25) is 0 Å². The molecule has 3 nitrogen and oxygen atoms in total. The van der Waals surface area contributed by atoms with Gasteiger partial charge in [0.25, 0.3) is 0 Å². The minimum absolute atomic E-state index is 1.18. The van der Waals surface area contributed by atoms with Crippen molar-refractivity contribution < 1.29 is 0 Å². The SMILES string of the molecule is c1ccc(-n2c3ccccc3c3cc(-c4cccc5c6cccc7c8ccc9c(ccc%10c9c9cccc%11c%12ccccc%12n%10c%119)c8n(c45)c67)ccc32)cc1. The molecule has 0 aliphatic heterocycles. The zero-order valence-corrected chi connectivity index (χ0v) is 29.6. The first-order valence-corrected chi connectivity index (χ1v) is 19.1. The summed E-state index contributed by atoms with van der Waals surface area (Å²) >= 11 is 0. The summed E-state index contributed by atoms with van der Waals surface area (Å²) in [6.45, 7) is 0. The van der Waals surface area contributed by atoms with Crippen LogP contribution in [0.15, 0.2) is 176 Å². The lowest BCUT2D eigenvalue weighted by molar-refractivity contribution is 1.18. The van der Waals surface area contributed by atoms with Gasteiger partial charge in [0.05, 0.1) is 44.1 Å². The summed E-state index contributed by atoms with van der Waals surface area (Å²) in [5.74, 6) is 0. The first-order chi connectivity index (χ1) is 27.3. The topological polar surface area (TPSA) is 13.8 Å². The van der Waals surface area contributed by atoms with E-state index in [0.717, 1.165) is 0 Å². The molecule has 5 heterocycles. The van der Waals surface area contributed by atoms with E-state index in [-0.39, 0.29) is 0 Å². The van der Waals surface area contributed by atoms with Crippen molar-refractivity contribution in [3.8, 4) is 16.8 Å². The van der Waals surface area contributed by atoms with Crippen molar-refractivity contribution in [2.45, 2.75) is 0 Å². The van der Waals surface area contributed by atoms with Crippen LogP contribution < -0.4 is 0 Å². The summed E-state index contributed by atoms with van der Waals surface area (Å²) in [5.41, 5.74) is 13.8. The standard InChI is InChI=1S/C52H29N3/c1-2-11-31(12-3-1)53-44-21-6-5-14-34(44)43-29-30(23-27-46(43)53)32-15-8-17-37-38-18-9-19-39-41-25-24-35-40(51(41)55(49(32)37)50(38)39)26-28-47-48(35)42-20-10-16-36-33-13-4-7-22-45(33)54(47)52(36)42/h1-29H. The molecule has 0 fully saturated rings. The summed E-state index contributed by atoms with van der Waals surface area (Å²) in [6, 6.07) is 65.5. The predicted octanol–water partition coefficient (Wildman–Crippen LogP) is 13.9. The van der Waals surface area contributed by atoms with Gasteiger partial charge >= 0.3 is 0 Å². The van der Waals surface area contributed by atoms with E-state index < -0.39 is 0 Å². The number of nitrogens with zero attached hydrogens (tertiary/aromatic N) is 3. The smallest absolute Gasteiger partial charge is 0.0621 e. The van der Waals surface area contributed by atoms with Gasteiger partial charge in [-0.3, -0.25) is 0 Å². The third kappa shape index (κ3) is 3.31. The molecular weight excluding hydrogens is 667 g/mol. The Hall–Kier alpha value is -7.36. The number of fused-ring (bicyclic) bond motifs is 18. The summed E-state index contributed by atoms with van der Waals surface area (Å²) < 4.78 is 7.48. The molecule has 0 radical (unpaired) electrons. The third-order valence-electron chi connectivity index (χ3n) is 12.7. The Labute approximate surface area is 313 Å². The fourth-order valence-electron chi connectivity index (χ4n) is 10.6. The fraction of sp³-hybridized carbons (Fsp3) is 0. The van der Waals surface area contributed by atoms with E-state index in [1.807, 2.05) is 0 Å². The van der Waals surface area contributed by atoms with E-state index in [2.05, 4.69) is 189 Å². The highest BCUT2D eigenvalue weighted by atomic mass is 15.0. The Morgan fingerprint density at radius 3 is 1.58 bits per heavy atom. The Morgan fingerprint density at radius 2 is 0.782 bits per heavy atom. The lowest BCUT2D eigenvalue weighted by Gasteiger charge is -2.10. The molecule has 5 aromatic heterocycles. The molecule has 0 unspecified atom stereocenters. The van der Waals surface area contributed by atoms with Crippen LogP contribution in [0.1, 0.15) is 0 Å². The normalized spacial score (nSPS) is 12.7. The van der Waals surface area contributed by atoms with Gasteiger partial charge in [0.15, 0.2) is 0 Å². The van der Waals surface area contributed by atoms with Crippen LogP contribution in [0, 0.1) is 0 Å². The zero-order chi connectivity index (χ0) is 35.5. The van der Waals surface area contributed by atoms with E-state index in [4.69, 9.17) is 0 Å². The van der Waals surface area contributed by atoms with E-state index in [1.165, 1.54) is 126 Å². The molecule has 252 valence electrons. The van der Waals surface area contributed by atoms with Crippen molar-refractivity contribution >= 4 is 109 Å². The van der Waals surface area contributed by atoms with Crippen LogP contribution in [0.25, 0.3) is 126 Å². The number of para-hydroxylation sites is 6. The van der Waals surface area contributed by atoms with Crippen LogP contribution in [0.5, 0.6) is 0 Å². The molecule has 9 aromatic carbocycles. The van der Waals surface area contributed by atoms with Crippen LogP contribution in [-0.2, 0) is 0 Å². The highest BCUT2D eigenvalue weighted by Crippen LogP contribution is 2.47. The maximum absolute atomic E-state index is 2.60. The van der Waals surface area contributed by atoms with Crippen molar-refractivity contribution in [2.75, 3.05) is 0 Å². The Kier molecular flexibility index (Phi) is 5.01. The second kappa shape index (κ2) is 9.79. The molecule has 0 aliphatic rings. The van der Waals surface area contributed by atoms with Crippen molar-refractivity contribution in [1.82, 2.24) is 13.4 Å². The van der Waals surface area contributed by atoms with Crippen LogP contribution >= 0.6 is 0 Å². The number of rotatable bonds is 2. The zero-order valence-electron chi connectivity index (χ0n) is 29.6. The summed E-state index contributed by atoms with van der Waals surface area (Å²) in [4.78, 5) is 0. The molecule has 0 saturated carbocycles. The van der Waals surface area contributed by atoms with Gasteiger partial charge in [-0.2, -0.15) is 0 Å². The lowest BCUT2D eigenvalue weighted by atomic mass is 9.98. The summed E-state index contributed by atoms with van der Waals surface area (Å²) in [7, 11) is 0. The molecule has 0 saturated heterocycles. The minimum Gasteiger partial charge on any atom is -0.309 e. The minimum atomic E-state index is 1.18. The van der Waals surface area contributed by atoms with Gasteiger partial charge in [0.2, 0.25) is 0 Å². The van der Waals surface area contributed by atoms with Gasteiger partial charge in [-0.1, -0.05) is 133 Å². The molecule has 0 aliphatic carbocycles. The highest BCUT2D eigenvalue weighted by Gasteiger charge is 2.24. The van der Waals surface area contributed by atoms with E-state index >= 15 is 0 Å². The first-order valence-electron chi connectivity index (χ1n) is 19.1. The van der Waals surface area contributed by atoms with Crippen molar-refractivity contribution in [2.24, 2.45) is 0 Å². The third-order valence-corrected chi connectivity index (χ3v) is 12.7. The van der Waals surface area contributed by atoms with Gasteiger partial charge < -0.3 is 13.4 Å². The number of hydrogen-bond acceptors (Lipinski definition) is 0. The fourth-order valence-corrected chi connectivity index (χ4v) is 10.6. The van der Waals surface area contributed by atoms with E-state index in [0.29, 0.717) is 0 Å². The van der Waals surface area contributed by atoms with Crippen LogP contribution in [-0.4, -0.2) is 13.4 Å². The molecule has 14 rings (SSSR count). The van der Waals surface area contributed by atoms with E-state index in [1.54, 1.807) is 0 Å². The first kappa shape index (κ1) is 28.2. The molecule has 3 heteroatoms. The van der Waals surface area contributed by atoms with Gasteiger partial charge in [-0.05, 0) is 53.4 Å². The maximum atomic E-state index is 2.60. The Morgan fingerprint density at radius 1 is 0.273 bits per heavy atom. The molecule has 0 N–H and O–H groups in total. The Balaban J connectivity index is 1.12. The maximum Gasteiger partial charge on any atom is 0.0621 e. The second-order valence-corrected chi connectivity index (χ2v) is 15.2. The van der Waals surface area contributed by atoms with Gasteiger partial charge in [0, 0.05) is 70.5 Å². The molecule has 0 bridgehead atoms. The lowest BCUT2D eigenvalue weighted by Crippen LogP contribution is -1.93. The second-order valence-electron chi connectivity index (χ2n) is 15.2. The summed E-state index contributed by atoms with van der Waals surface area (Å²) in [6.07, 6.45) is 0.